The minimum atomic E-state index is -2.73. The Balaban J connectivity index is 2.48. The highest BCUT2D eigenvalue weighted by Gasteiger charge is 2.09. The first kappa shape index (κ1) is 8.04. The van der Waals surface area contributed by atoms with Crippen LogP contribution >= 0.6 is 0 Å². The Kier molecular flexibility index (Phi) is 2.46. The van der Waals surface area contributed by atoms with Gasteiger partial charge in [-0.15, -0.1) is 0 Å². The third-order valence-electron chi connectivity index (χ3n) is 1.38. The summed E-state index contributed by atoms with van der Waals surface area (Å²) < 4.78 is 27.4. The van der Waals surface area contributed by atoms with Gasteiger partial charge in [-0.25, -0.2) is 0 Å². The van der Waals surface area contributed by atoms with Crippen LogP contribution in [-0.4, -0.2) is 6.61 Å². The summed E-state index contributed by atoms with van der Waals surface area (Å²) in [6.07, 6.45) is 4.12. The molecule has 0 aliphatic heterocycles. The zero-order valence-corrected chi connectivity index (χ0v) is 5.89. The van der Waals surface area contributed by atoms with Crippen molar-refractivity contribution in [2.75, 3.05) is 0 Å². The van der Waals surface area contributed by atoms with Crippen molar-refractivity contribution in [2.24, 2.45) is 5.73 Å². The zero-order chi connectivity index (χ0) is 8.27. The molecule has 1 aliphatic rings. The number of allylic oxidation sites excluding steroid dienone is 4. The van der Waals surface area contributed by atoms with Crippen LogP contribution in [0.25, 0.3) is 0 Å². The van der Waals surface area contributed by atoms with Crippen molar-refractivity contribution in [3.05, 3.63) is 23.6 Å². The van der Waals surface area contributed by atoms with E-state index in [1.807, 2.05) is 0 Å². The fourth-order valence-corrected chi connectivity index (χ4v) is 0.847. The number of rotatable bonds is 2. The van der Waals surface area contributed by atoms with E-state index >= 15 is 0 Å². The molecule has 11 heavy (non-hydrogen) atoms. The van der Waals surface area contributed by atoms with Crippen LogP contribution in [0.5, 0.6) is 0 Å². The molecule has 1 rings (SSSR count). The highest BCUT2D eigenvalue weighted by molar-refractivity contribution is 5.18. The van der Waals surface area contributed by atoms with Gasteiger partial charge in [0.2, 0.25) is 0 Å². The number of halogens is 2. The van der Waals surface area contributed by atoms with Crippen LogP contribution in [0.4, 0.5) is 8.78 Å². The monoisotopic (exact) mass is 161 g/mol. The van der Waals surface area contributed by atoms with Crippen molar-refractivity contribution >= 4 is 0 Å². The van der Waals surface area contributed by atoms with Crippen LogP contribution in [0.1, 0.15) is 12.8 Å². The van der Waals surface area contributed by atoms with Gasteiger partial charge in [-0.1, -0.05) is 0 Å². The second-order valence-corrected chi connectivity index (χ2v) is 2.25. The molecule has 0 aromatic carbocycles. The van der Waals surface area contributed by atoms with Crippen molar-refractivity contribution in [2.45, 2.75) is 19.5 Å². The van der Waals surface area contributed by atoms with E-state index in [9.17, 15) is 8.78 Å². The van der Waals surface area contributed by atoms with E-state index < -0.39 is 6.61 Å². The fourth-order valence-electron chi connectivity index (χ4n) is 0.847. The molecule has 4 heteroatoms. The molecule has 0 fully saturated rings. The Bertz CT molecular complexity index is 199. The topological polar surface area (TPSA) is 35.2 Å². The lowest BCUT2D eigenvalue weighted by Gasteiger charge is -2.12. The first-order chi connectivity index (χ1) is 5.18. The van der Waals surface area contributed by atoms with Crippen LogP contribution in [0.3, 0.4) is 0 Å². The molecule has 0 atom stereocenters. The van der Waals surface area contributed by atoms with Crippen LogP contribution in [0.15, 0.2) is 23.6 Å². The molecule has 0 bridgehead atoms. The highest BCUT2D eigenvalue weighted by Crippen LogP contribution is 2.18. The number of hydrogen-bond acceptors (Lipinski definition) is 2. The lowest BCUT2D eigenvalue weighted by atomic mass is 10.1. The Hall–Kier alpha value is -1.06. The summed E-state index contributed by atoms with van der Waals surface area (Å²) in [5.74, 6) is 0.300. The smallest absolute Gasteiger partial charge is 0.387 e. The molecule has 0 radical (unpaired) electrons. The van der Waals surface area contributed by atoms with Crippen molar-refractivity contribution in [1.29, 1.82) is 0 Å². The molecule has 2 nitrogen and oxygen atoms in total. The SMILES string of the molecule is NC1=CC=C(OC(F)F)CC1. The van der Waals surface area contributed by atoms with Gasteiger partial charge in [0.1, 0.15) is 5.76 Å². The summed E-state index contributed by atoms with van der Waals surface area (Å²) in [5.41, 5.74) is 6.10. The van der Waals surface area contributed by atoms with E-state index in [2.05, 4.69) is 4.74 Å². The van der Waals surface area contributed by atoms with E-state index in [0.717, 1.165) is 0 Å². The Morgan fingerprint density at radius 1 is 1.36 bits per heavy atom. The van der Waals surface area contributed by atoms with Gasteiger partial charge in [0.15, 0.2) is 0 Å². The standard InChI is InChI=1S/C7H9F2NO/c8-7(9)11-6-3-1-5(10)2-4-6/h1,3,7H,2,4,10H2. The molecule has 2 N–H and O–H groups in total. The molecule has 0 spiro atoms. The van der Waals surface area contributed by atoms with E-state index in [1.54, 1.807) is 6.08 Å². The average molecular weight is 161 g/mol. The predicted octanol–water partition coefficient (Wildman–Crippen LogP) is 1.75. The first-order valence-corrected chi connectivity index (χ1v) is 3.28. The summed E-state index contributed by atoms with van der Waals surface area (Å²) >= 11 is 0. The number of hydrogen-bond donors (Lipinski definition) is 1. The highest BCUT2D eigenvalue weighted by atomic mass is 19.3. The van der Waals surface area contributed by atoms with E-state index in [-0.39, 0.29) is 0 Å². The van der Waals surface area contributed by atoms with Crippen molar-refractivity contribution in [3.8, 4) is 0 Å². The van der Waals surface area contributed by atoms with Crippen molar-refractivity contribution < 1.29 is 13.5 Å². The second-order valence-electron chi connectivity index (χ2n) is 2.25. The molecule has 0 amide bonds. The largest absolute Gasteiger partial charge is 0.439 e. The van der Waals surface area contributed by atoms with Crippen LogP contribution in [-0.2, 0) is 4.74 Å². The fraction of sp³-hybridized carbons (Fsp3) is 0.429. The summed E-state index contributed by atoms with van der Waals surface area (Å²) in [7, 11) is 0. The molecule has 0 aromatic rings. The van der Waals surface area contributed by atoms with Gasteiger partial charge in [0.25, 0.3) is 0 Å². The maximum atomic E-state index is 11.6. The summed E-state index contributed by atoms with van der Waals surface area (Å²) in [6, 6.07) is 0. The second kappa shape index (κ2) is 3.37. The van der Waals surface area contributed by atoms with Gasteiger partial charge in [-0.3, -0.25) is 0 Å². The van der Waals surface area contributed by atoms with Gasteiger partial charge in [-0.05, 0) is 18.6 Å². The van der Waals surface area contributed by atoms with Crippen LogP contribution < -0.4 is 5.73 Å². The lowest BCUT2D eigenvalue weighted by Crippen LogP contribution is -2.06. The van der Waals surface area contributed by atoms with E-state index in [1.165, 1.54) is 6.08 Å². The molecule has 1 aliphatic carbocycles. The molecule has 0 unspecified atom stereocenters. The molecule has 0 aromatic heterocycles. The van der Waals surface area contributed by atoms with Gasteiger partial charge in [0, 0.05) is 12.1 Å². The van der Waals surface area contributed by atoms with E-state index in [0.29, 0.717) is 24.3 Å². The van der Waals surface area contributed by atoms with Crippen LogP contribution in [0, 0.1) is 0 Å². The normalized spacial score (nSPS) is 17.7. The Morgan fingerprint density at radius 3 is 2.55 bits per heavy atom. The minimum Gasteiger partial charge on any atom is -0.439 e. The first-order valence-electron chi connectivity index (χ1n) is 3.28. The maximum Gasteiger partial charge on any atom is 0.387 e. The quantitative estimate of drug-likeness (QED) is 0.669. The molecule has 0 saturated heterocycles. The number of ether oxygens (including phenoxy) is 1. The van der Waals surface area contributed by atoms with Gasteiger partial charge in [0.05, 0.1) is 0 Å². The van der Waals surface area contributed by atoms with Crippen LogP contribution in [0.2, 0.25) is 0 Å². The van der Waals surface area contributed by atoms with E-state index in [4.69, 9.17) is 5.73 Å². The molecular formula is C7H9F2NO. The predicted molar refractivity (Wildman–Crippen MR) is 36.7 cm³/mol. The third-order valence-corrected chi connectivity index (χ3v) is 1.38. The Labute approximate surface area is 63.3 Å². The summed E-state index contributed by atoms with van der Waals surface area (Å²) in [5, 5.41) is 0. The van der Waals surface area contributed by atoms with Gasteiger partial charge in [-0.2, -0.15) is 8.78 Å². The lowest BCUT2D eigenvalue weighted by molar-refractivity contribution is -0.0985. The van der Waals surface area contributed by atoms with Crippen molar-refractivity contribution in [1.82, 2.24) is 0 Å². The van der Waals surface area contributed by atoms with Crippen molar-refractivity contribution in [3.63, 3.8) is 0 Å². The van der Waals surface area contributed by atoms with Gasteiger partial charge < -0.3 is 10.5 Å². The Morgan fingerprint density at radius 2 is 2.09 bits per heavy atom. The zero-order valence-electron chi connectivity index (χ0n) is 5.89. The third kappa shape index (κ3) is 2.57. The molecule has 62 valence electrons. The number of nitrogens with two attached hydrogens (primary N) is 1. The molecule has 0 saturated carbocycles. The minimum absolute atomic E-state index is 0.300. The number of alkyl halides is 2. The molecule has 0 heterocycles. The summed E-state index contributed by atoms with van der Waals surface area (Å²) in [6.45, 7) is -2.73. The summed E-state index contributed by atoms with van der Waals surface area (Å²) in [4.78, 5) is 0. The average Bonchev–Trinajstić information content (AvgIpc) is 1.93. The maximum absolute atomic E-state index is 11.6. The van der Waals surface area contributed by atoms with Gasteiger partial charge >= 0.3 is 6.61 Å². The molecular weight excluding hydrogens is 152 g/mol.